The Morgan fingerprint density at radius 2 is 1.81 bits per heavy atom. The number of Topliss-reactive ketones (excluding diaryl/α,β-unsaturated/α-hetero) is 1. The summed E-state index contributed by atoms with van der Waals surface area (Å²) in [5.74, 6) is 0.188. The Labute approximate surface area is 97.3 Å². The molecule has 0 aromatic rings. The van der Waals surface area contributed by atoms with E-state index in [0.29, 0.717) is 6.42 Å². The molecule has 1 aliphatic rings. The predicted octanol–water partition coefficient (Wildman–Crippen LogP) is 3.03. The number of hydrogen-bond acceptors (Lipinski definition) is 3. The van der Waals surface area contributed by atoms with Gasteiger partial charge in [0, 0.05) is 11.8 Å². The molecule has 1 rings (SSSR count). The zero-order chi connectivity index (χ0) is 12.2. The molecule has 0 radical (unpaired) electrons. The summed E-state index contributed by atoms with van der Waals surface area (Å²) in [4.78, 5) is 26.5. The highest BCUT2D eigenvalue weighted by molar-refractivity contribution is 5.84. The van der Waals surface area contributed by atoms with Crippen LogP contribution in [0.15, 0.2) is 4.99 Å². The maximum absolute atomic E-state index is 12.0. The van der Waals surface area contributed by atoms with Crippen LogP contribution in [0.4, 0.5) is 0 Å². The largest absolute Gasteiger partial charge is 0.299 e. The fraction of sp³-hybridized carbons (Fsp3) is 0.846. The van der Waals surface area contributed by atoms with Crippen LogP contribution in [-0.4, -0.2) is 17.4 Å². The summed E-state index contributed by atoms with van der Waals surface area (Å²) in [6.45, 7) is 5.74. The van der Waals surface area contributed by atoms with Gasteiger partial charge in [-0.15, -0.1) is 0 Å². The maximum atomic E-state index is 12.0. The minimum absolute atomic E-state index is 0.188. The van der Waals surface area contributed by atoms with Crippen LogP contribution >= 0.6 is 0 Å². The van der Waals surface area contributed by atoms with Crippen LogP contribution in [0.1, 0.15) is 59.3 Å². The van der Waals surface area contributed by atoms with Gasteiger partial charge in [-0.25, -0.2) is 4.79 Å². The second-order valence-corrected chi connectivity index (χ2v) is 5.84. The number of isocyanates is 1. The first-order valence-electron chi connectivity index (χ1n) is 6.02. The van der Waals surface area contributed by atoms with Crippen LogP contribution in [0.5, 0.6) is 0 Å². The van der Waals surface area contributed by atoms with Crippen LogP contribution in [0.2, 0.25) is 0 Å². The maximum Gasteiger partial charge on any atom is 0.235 e. The van der Waals surface area contributed by atoms with Gasteiger partial charge in [-0.1, -0.05) is 40.0 Å². The van der Waals surface area contributed by atoms with E-state index in [1.54, 1.807) is 6.08 Å². The van der Waals surface area contributed by atoms with Crippen molar-refractivity contribution < 1.29 is 9.59 Å². The Bertz CT molecular complexity index is 302. The van der Waals surface area contributed by atoms with E-state index in [4.69, 9.17) is 0 Å². The van der Waals surface area contributed by atoms with Gasteiger partial charge >= 0.3 is 0 Å². The highest BCUT2D eigenvalue weighted by atomic mass is 16.1. The van der Waals surface area contributed by atoms with Gasteiger partial charge < -0.3 is 0 Å². The number of rotatable bonds is 3. The molecule has 3 heteroatoms. The van der Waals surface area contributed by atoms with Crippen molar-refractivity contribution in [1.82, 2.24) is 0 Å². The molecular weight excluding hydrogens is 202 g/mol. The van der Waals surface area contributed by atoms with Crippen molar-refractivity contribution in [3.8, 4) is 0 Å². The number of nitrogens with zero attached hydrogens (tertiary/aromatic N) is 1. The van der Waals surface area contributed by atoms with Crippen molar-refractivity contribution in [1.29, 1.82) is 0 Å². The van der Waals surface area contributed by atoms with Gasteiger partial charge in [0.25, 0.3) is 0 Å². The molecule has 0 bridgehead atoms. The number of aliphatic imine (C=N–C) groups is 1. The Morgan fingerprint density at radius 1 is 1.25 bits per heavy atom. The first-order chi connectivity index (χ1) is 7.40. The van der Waals surface area contributed by atoms with Crippen LogP contribution in [0, 0.1) is 5.41 Å². The molecule has 0 N–H and O–H groups in total. The van der Waals surface area contributed by atoms with Gasteiger partial charge in [0.1, 0.15) is 5.78 Å². The van der Waals surface area contributed by atoms with E-state index < -0.39 is 5.54 Å². The molecule has 0 spiro atoms. The lowest BCUT2D eigenvalue weighted by molar-refractivity contribution is -0.127. The molecule has 1 aliphatic carbocycles. The van der Waals surface area contributed by atoms with Crippen molar-refractivity contribution in [3.05, 3.63) is 0 Å². The molecule has 90 valence electrons. The molecule has 1 saturated carbocycles. The summed E-state index contributed by atoms with van der Waals surface area (Å²) in [7, 11) is 0. The topological polar surface area (TPSA) is 46.5 Å². The Morgan fingerprint density at radius 3 is 2.25 bits per heavy atom. The monoisotopic (exact) mass is 223 g/mol. The van der Waals surface area contributed by atoms with Crippen molar-refractivity contribution in [2.45, 2.75) is 64.8 Å². The summed E-state index contributed by atoms with van der Waals surface area (Å²) in [5, 5.41) is 0. The van der Waals surface area contributed by atoms with E-state index in [1.807, 2.05) is 20.8 Å². The smallest absolute Gasteiger partial charge is 0.235 e. The quantitative estimate of drug-likeness (QED) is 0.545. The molecule has 0 heterocycles. The molecule has 0 amide bonds. The van der Waals surface area contributed by atoms with Gasteiger partial charge in [0.05, 0.1) is 5.54 Å². The normalized spacial score (nSPS) is 19.9. The third kappa shape index (κ3) is 3.28. The highest BCUT2D eigenvalue weighted by Crippen LogP contribution is 2.36. The first kappa shape index (κ1) is 13.1. The molecule has 0 unspecified atom stereocenters. The lowest BCUT2D eigenvalue weighted by Crippen LogP contribution is -2.36. The Balaban J connectivity index is 2.79. The Hall–Kier alpha value is -0.950. The first-order valence-corrected chi connectivity index (χ1v) is 6.02. The summed E-state index contributed by atoms with van der Waals surface area (Å²) >= 11 is 0. The second kappa shape index (κ2) is 4.92. The third-order valence-electron chi connectivity index (χ3n) is 3.39. The van der Waals surface area contributed by atoms with Crippen LogP contribution < -0.4 is 0 Å². The van der Waals surface area contributed by atoms with Gasteiger partial charge in [0.15, 0.2) is 0 Å². The Kier molecular flexibility index (Phi) is 4.03. The highest BCUT2D eigenvalue weighted by Gasteiger charge is 2.37. The number of ketones is 1. The summed E-state index contributed by atoms with van der Waals surface area (Å²) < 4.78 is 0. The second-order valence-electron chi connectivity index (χ2n) is 5.84. The third-order valence-corrected chi connectivity index (χ3v) is 3.39. The van der Waals surface area contributed by atoms with E-state index in [1.165, 1.54) is 6.42 Å². The minimum Gasteiger partial charge on any atom is -0.299 e. The zero-order valence-corrected chi connectivity index (χ0v) is 10.5. The average molecular weight is 223 g/mol. The van der Waals surface area contributed by atoms with Gasteiger partial charge in [-0.3, -0.25) is 4.79 Å². The molecule has 3 nitrogen and oxygen atoms in total. The van der Waals surface area contributed by atoms with Crippen molar-refractivity contribution in [3.63, 3.8) is 0 Å². The van der Waals surface area contributed by atoms with E-state index in [9.17, 15) is 9.59 Å². The van der Waals surface area contributed by atoms with Crippen molar-refractivity contribution in [2.24, 2.45) is 10.4 Å². The number of carbonyl (C=O) groups is 1. The van der Waals surface area contributed by atoms with Crippen molar-refractivity contribution in [2.75, 3.05) is 0 Å². The fourth-order valence-corrected chi connectivity index (χ4v) is 2.20. The molecule has 0 aromatic carbocycles. The summed E-state index contributed by atoms with van der Waals surface area (Å²) in [6.07, 6.45) is 7.05. The van der Waals surface area contributed by atoms with E-state index in [2.05, 4.69) is 4.99 Å². The summed E-state index contributed by atoms with van der Waals surface area (Å²) in [5.41, 5.74) is -0.785. The van der Waals surface area contributed by atoms with Gasteiger partial charge in [0.2, 0.25) is 6.08 Å². The fourth-order valence-electron chi connectivity index (χ4n) is 2.20. The van der Waals surface area contributed by atoms with E-state index >= 15 is 0 Å². The van der Waals surface area contributed by atoms with E-state index in [0.717, 1.165) is 25.7 Å². The van der Waals surface area contributed by atoms with Gasteiger partial charge in [-0.05, 0) is 12.8 Å². The van der Waals surface area contributed by atoms with Crippen LogP contribution in [0.25, 0.3) is 0 Å². The number of hydrogen-bond donors (Lipinski definition) is 0. The molecule has 0 aromatic heterocycles. The molecular formula is C13H21NO2. The molecule has 1 fully saturated rings. The predicted molar refractivity (Wildman–Crippen MR) is 63.0 cm³/mol. The van der Waals surface area contributed by atoms with Crippen LogP contribution in [-0.2, 0) is 9.59 Å². The SMILES string of the molecule is CC(C)(C)C(=O)CC1(N=C=O)CCCCC1. The van der Waals surface area contributed by atoms with E-state index in [-0.39, 0.29) is 11.2 Å². The molecule has 16 heavy (non-hydrogen) atoms. The standard InChI is InChI=1S/C13H21NO2/c1-12(2,3)11(16)9-13(14-10-15)7-5-4-6-8-13/h4-9H2,1-3H3. The zero-order valence-electron chi connectivity index (χ0n) is 10.5. The molecule has 0 saturated heterocycles. The minimum atomic E-state index is -0.440. The average Bonchev–Trinajstić information content (AvgIpc) is 2.17. The lowest BCUT2D eigenvalue weighted by atomic mass is 9.75. The van der Waals surface area contributed by atoms with Crippen molar-refractivity contribution >= 4 is 11.9 Å². The molecule has 0 aliphatic heterocycles. The summed E-state index contributed by atoms with van der Waals surface area (Å²) in [6, 6.07) is 0. The van der Waals surface area contributed by atoms with Gasteiger partial charge in [-0.2, -0.15) is 4.99 Å². The number of carbonyl (C=O) groups excluding carboxylic acids is 2. The molecule has 0 atom stereocenters. The lowest BCUT2D eigenvalue weighted by Gasteiger charge is -2.33. The van der Waals surface area contributed by atoms with Crippen LogP contribution in [0.3, 0.4) is 0 Å².